The van der Waals surface area contributed by atoms with Crippen LogP contribution in [-0.2, 0) is 4.74 Å². The molecule has 1 heterocycles. The molecule has 4 aromatic rings. The smallest absolute Gasteiger partial charge is 0.340 e. The van der Waals surface area contributed by atoms with Crippen LogP contribution in [0.2, 0.25) is 0 Å². The summed E-state index contributed by atoms with van der Waals surface area (Å²) in [4.78, 5) is 25.5. The number of nitrogens with one attached hydrogen (secondary N) is 1. The minimum Gasteiger partial charge on any atom is -0.462 e. The zero-order chi connectivity index (χ0) is 21.6. The summed E-state index contributed by atoms with van der Waals surface area (Å²) >= 11 is 0. The molecule has 0 bridgehead atoms. The summed E-state index contributed by atoms with van der Waals surface area (Å²) in [5.74, 6) is -0.869. The van der Waals surface area contributed by atoms with Gasteiger partial charge in [0.25, 0.3) is 5.91 Å². The van der Waals surface area contributed by atoms with Crippen LogP contribution in [0.3, 0.4) is 0 Å². The van der Waals surface area contributed by atoms with Crippen LogP contribution < -0.4 is 5.32 Å². The highest BCUT2D eigenvalue weighted by Crippen LogP contribution is 2.26. The van der Waals surface area contributed by atoms with Crippen LogP contribution in [-0.4, -0.2) is 38.7 Å². The molecule has 0 saturated carbocycles. The standard InChI is InChI=1S/C23H19N5O3/c1-2-31-23(30)20-14-17(16-7-4-3-5-8-16)11-12-21(20)25-22(29)18-9-6-10-19(13-18)28-15-24-26-27-28/h3-15H,2H2,1H3,(H,25,29). The molecule has 0 aliphatic rings. The lowest BCUT2D eigenvalue weighted by atomic mass is 10.0. The molecule has 4 rings (SSSR count). The Bertz CT molecular complexity index is 1210. The van der Waals surface area contributed by atoms with Crippen molar-refractivity contribution in [2.24, 2.45) is 0 Å². The summed E-state index contributed by atoms with van der Waals surface area (Å²) in [6.07, 6.45) is 1.44. The Hall–Kier alpha value is -4.33. The number of carbonyl (C=O) groups is 2. The number of hydrogen-bond donors (Lipinski definition) is 1. The second kappa shape index (κ2) is 9.00. The average molecular weight is 413 g/mol. The van der Waals surface area contributed by atoms with Gasteiger partial charge in [-0.25, -0.2) is 9.48 Å². The molecule has 0 saturated heterocycles. The molecular formula is C23H19N5O3. The van der Waals surface area contributed by atoms with Crippen molar-refractivity contribution in [1.29, 1.82) is 0 Å². The Kier molecular flexibility index (Phi) is 5.79. The summed E-state index contributed by atoms with van der Waals surface area (Å²) < 4.78 is 6.65. The predicted octanol–water partition coefficient (Wildman–Crippen LogP) is 3.76. The van der Waals surface area contributed by atoms with Gasteiger partial charge in [0.1, 0.15) is 6.33 Å². The molecule has 0 aliphatic carbocycles. The summed E-state index contributed by atoms with van der Waals surface area (Å²) in [6, 6.07) is 21.8. The number of esters is 1. The van der Waals surface area contributed by atoms with Crippen molar-refractivity contribution in [3.05, 3.63) is 90.3 Å². The van der Waals surface area contributed by atoms with Gasteiger partial charge in [-0.05, 0) is 58.8 Å². The molecule has 3 aromatic carbocycles. The summed E-state index contributed by atoms with van der Waals surface area (Å²) in [6.45, 7) is 1.97. The molecule has 31 heavy (non-hydrogen) atoms. The van der Waals surface area contributed by atoms with Crippen LogP contribution in [0.15, 0.2) is 79.1 Å². The Morgan fingerprint density at radius 2 is 1.81 bits per heavy atom. The van der Waals surface area contributed by atoms with E-state index in [-0.39, 0.29) is 18.1 Å². The zero-order valence-electron chi connectivity index (χ0n) is 16.7. The van der Waals surface area contributed by atoms with Gasteiger partial charge < -0.3 is 10.1 Å². The average Bonchev–Trinajstić information content (AvgIpc) is 3.35. The number of benzene rings is 3. The van der Waals surface area contributed by atoms with Crippen LogP contribution in [0.4, 0.5) is 5.69 Å². The fourth-order valence-corrected chi connectivity index (χ4v) is 3.10. The Labute approximate surface area is 178 Å². The molecule has 0 fully saturated rings. The van der Waals surface area contributed by atoms with Gasteiger partial charge in [-0.1, -0.05) is 42.5 Å². The Morgan fingerprint density at radius 3 is 2.55 bits per heavy atom. The van der Waals surface area contributed by atoms with Crippen LogP contribution in [0.1, 0.15) is 27.6 Å². The fraction of sp³-hybridized carbons (Fsp3) is 0.0870. The summed E-state index contributed by atoms with van der Waals surface area (Å²) in [7, 11) is 0. The van der Waals surface area contributed by atoms with Gasteiger partial charge in [0.2, 0.25) is 0 Å². The van der Waals surface area contributed by atoms with E-state index in [4.69, 9.17) is 4.74 Å². The number of ether oxygens (including phenoxy) is 1. The van der Waals surface area contributed by atoms with Crippen LogP contribution in [0, 0.1) is 0 Å². The molecule has 0 atom stereocenters. The Morgan fingerprint density at radius 1 is 0.968 bits per heavy atom. The minimum atomic E-state index is -0.502. The molecule has 154 valence electrons. The van der Waals surface area contributed by atoms with Gasteiger partial charge >= 0.3 is 5.97 Å². The van der Waals surface area contributed by atoms with Crippen molar-refractivity contribution in [2.75, 3.05) is 11.9 Å². The maximum Gasteiger partial charge on any atom is 0.340 e. The number of amides is 1. The van der Waals surface area contributed by atoms with Crippen molar-refractivity contribution in [1.82, 2.24) is 20.2 Å². The van der Waals surface area contributed by atoms with E-state index in [1.165, 1.54) is 11.0 Å². The third kappa shape index (κ3) is 4.48. The third-order valence-corrected chi connectivity index (χ3v) is 4.59. The largest absolute Gasteiger partial charge is 0.462 e. The molecule has 0 radical (unpaired) electrons. The van der Waals surface area contributed by atoms with E-state index in [9.17, 15) is 9.59 Å². The van der Waals surface area contributed by atoms with Crippen LogP contribution >= 0.6 is 0 Å². The SMILES string of the molecule is CCOC(=O)c1cc(-c2ccccc2)ccc1NC(=O)c1cccc(-n2cnnn2)c1. The second-order valence-electron chi connectivity index (χ2n) is 6.61. The molecule has 8 heteroatoms. The highest BCUT2D eigenvalue weighted by Gasteiger charge is 2.17. The van der Waals surface area contributed by atoms with Crippen LogP contribution in [0.5, 0.6) is 0 Å². The molecule has 1 aromatic heterocycles. The highest BCUT2D eigenvalue weighted by molar-refractivity contribution is 6.08. The minimum absolute atomic E-state index is 0.232. The van der Waals surface area contributed by atoms with E-state index >= 15 is 0 Å². The first-order valence-electron chi connectivity index (χ1n) is 9.67. The normalized spacial score (nSPS) is 10.5. The molecule has 0 aliphatic heterocycles. The molecule has 0 unspecified atom stereocenters. The van der Waals surface area contributed by atoms with Crippen molar-refractivity contribution in [3.8, 4) is 16.8 Å². The second-order valence-corrected chi connectivity index (χ2v) is 6.61. The number of tetrazole rings is 1. The van der Waals surface area contributed by atoms with Gasteiger partial charge in [-0.15, -0.1) is 5.10 Å². The van der Waals surface area contributed by atoms with Gasteiger partial charge in [-0.2, -0.15) is 0 Å². The van der Waals surface area contributed by atoms with E-state index < -0.39 is 5.97 Å². The quantitative estimate of drug-likeness (QED) is 0.483. The van der Waals surface area contributed by atoms with Crippen molar-refractivity contribution in [3.63, 3.8) is 0 Å². The summed E-state index contributed by atoms with van der Waals surface area (Å²) in [5.41, 5.74) is 3.50. The molecule has 1 amide bonds. The van der Waals surface area contributed by atoms with Gasteiger partial charge in [0, 0.05) is 5.56 Å². The molecule has 8 nitrogen and oxygen atoms in total. The lowest BCUT2D eigenvalue weighted by Gasteiger charge is -2.13. The van der Waals surface area contributed by atoms with E-state index in [2.05, 4.69) is 20.8 Å². The fourth-order valence-electron chi connectivity index (χ4n) is 3.10. The topological polar surface area (TPSA) is 99.0 Å². The van der Waals surface area contributed by atoms with E-state index in [1.54, 1.807) is 43.3 Å². The predicted molar refractivity (Wildman–Crippen MR) is 115 cm³/mol. The lowest BCUT2D eigenvalue weighted by molar-refractivity contribution is 0.0527. The Balaban J connectivity index is 1.65. The van der Waals surface area contributed by atoms with E-state index in [0.717, 1.165) is 11.1 Å². The highest BCUT2D eigenvalue weighted by atomic mass is 16.5. The lowest BCUT2D eigenvalue weighted by Crippen LogP contribution is -2.16. The van der Waals surface area contributed by atoms with Crippen molar-refractivity contribution in [2.45, 2.75) is 6.92 Å². The third-order valence-electron chi connectivity index (χ3n) is 4.59. The molecule has 1 N–H and O–H groups in total. The van der Waals surface area contributed by atoms with Gasteiger partial charge in [0.05, 0.1) is 23.5 Å². The first kappa shape index (κ1) is 20.0. The first-order chi connectivity index (χ1) is 15.2. The molecule has 0 spiro atoms. The number of nitrogens with zero attached hydrogens (tertiary/aromatic N) is 4. The van der Waals surface area contributed by atoms with Gasteiger partial charge in [0.15, 0.2) is 0 Å². The number of hydrogen-bond acceptors (Lipinski definition) is 6. The van der Waals surface area contributed by atoms with Crippen molar-refractivity contribution >= 4 is 17.6 Å². The first-order valence-corrected chi connectivity index (χ1v) is 9.67. The van der Waals surface area contributed by atoms with E-state index in [1.807, 2.05) is 36.4 Å². The monoisotopic (exact) mass is 413 g/mol. The summed E-state index contributed by atoms with van der Waals surface area (Å²) in [5, 5.41) is 13.9. The number of rotatable bonds is 6. The number of carbonyl (C=O) groups excluding carboxylic acids is 2. The van der Waals surface area contributed by atoms with Gasteiger partial charge in [-0.3, -0.25) is 4.79 Å². The zero-order valence-corrected chi connectivity index (χ0v) is 16.7. The maximum absolute atomic E-state index is 12.9. The van der Waals surface area contributed by atoms with Crippen molar-refractivity contribution < 1.29 is 14.3 Å². The number of anilines is 1. The van der Waals surface area contributed by atoms with Crippen LogP contribution in [0.25, 0.3) is 16.8 Å². The van der Waals surface area contributed by atoms with E-state index in [0.29, 0.717) is 16.9 Å². The number of aromatic nitrogens is 4. The molecular weight excluding hydrogens is 394 g/mol. The maximum atomic E-state index is 12.9.